The Morgan fingerprint density at radius 3 is 2.24 bits per heavy atom. The molecule has 0 heterocycles. The van der Waals surface area contributed by atoms with Crippen molar-refractivity contribution in [3.05, 3.63) is 65.7 Å². The van der Waals surface area contributed by atoms with E-state index < -0.39 is 0 Å². The van der Waals surface area contributed by atoms with Crippen LogP contribution in [0, 0.1) is 11.3 Å². The Labute approximate surface area is 127 Å². The van der Waals surface area contributed by atoms with Crippen LogP contribution in [-0.4, -0.2) is 14.1 Å². The van der Waals surface area contributed by atoms with Crippen molar-refractivity contribution in [3.8, 4) is 6.07 Å². The highest BCUT2D eigenvalue weighted by Gasteiger charge is 2.10. The van der Waals surface area contributed by atoms with Crippen LogP contribution in [0.1, 0.15) is 29.9 Å². The molecule has 0 N–H and O–H groups in total. The van der Waals surface area contributed by atoms with Gasteiger partial charge in [-0.05, 0) is 42.5 Å². The van der Waals surface area contributed by atoms with Gasteiger partial charge < -0.3 is 4.90 Å². The van der Waals surface area contributed by atoms with Crippen LogP contribution in [0.25, 0.3) is 0 Å². The summed E-state index contributed by atoms with van der Waals surface area (Å²) in [5.41, 5.74) is 3.63. The van der Waals surface area contributed by atoms with Gasteiger partial charge in [0.15, 0.2) is 0 Å². The maximum Gasteiger partial charge on any atom is 0.0712 e. The number of nitriles is 1. The first-order chi connectivity index (χ1) is 10.2. The monoisotopic (exact) mass is 278 g/mol. The summed E-state index contributed by atoms with van der Waals surface area (Å²) in [5.74, 6) is -0.00933. The lowest BCUT2D eigenvalue weighted by molar-refractivity contribution is 0.684. The average molecular weight is 278 g/mol. The zero-order valence-electron chi connectivity index (χ0n) is 12.8. The zero-order chi connectivity index (χ0) is 15.1. The van der Waals surface area contributed by atoms with Crippen LogP contribution in [0.2, 0.25) is 0 Å². The molecule has 2 aromatic carbocycles. The molecule has 21 heavy (non-hydrogen) atoms. The normalized spacial score (nSPS) is 11.7. The van der Waals surface area contributed by atoms with E-state index >= 15 is 0 Å². The molecule has 1 unspecified atom stereocenters. The molecule has 0 spiro atoms. The molecule has 2 rings (SSSR count). The first-order valence-corrected chi connectivity index (χ1v) is 7.41. The van der Waals surface area contributed by atoms with Gasteiger partial charge in [-0.2, -0.15) is 5.26 Å². The highest BCUT2D eigenvalue weighted by Crippen LogP contribution is 2.24. The minimum Gasteiger partial charge on any atom is -0.378 e. The lowest BCUT2D eigenvalue weighted by Gasteiger charge is -2.14. The Morgan fingerprint density at radius 2 is 1.67 bits per heavy atom. The molecule has 0 fully saturated rings. The van der Waals surface area contributed by atoms with Crippen LogP contribution >= 0.6 is 0 Å². The molecular formula is C19H22N2. The van der Waals surface area contributed by atoms with Crippen molar-refractivity contribution in [2.24, 2.45) is 0 Å². The topological polar surface area (TPSA) is 27.0 Å². The Hall–Kier alpha value is -2.27. The standard InChI is InChI=1S/C19H22N2/c1-21(2)19-13-11-17(12-14-19)18(15-20)10-6-9-16-7-4-3-5-8-16/h3-5,7-8,11-14,18H,6,9-10H2,1-2H3. The molecule has 2 aromatic rings. The maximum absolute atomic E-state index is 9.39. The first-order valence-electron chi connectivity index (χ1n) is 7.41. The SMILES string of the molecule is CN(C)c1ccc(C(C#N)CCCc2ccccc2)cc1. The summed E-state index contributed by atoms with van der Waals surface area (Å²) < 4.78 is 0. The van der Waals surface area contributed by atoms with Gasteiger partial charge in [0.05, 0.1) is 12.0 Å². The second kappa shape index (κ2) is 7.50. The predicted octanol–water partition coefficient (Wildman–Crippen LogP) is 4.38. The van der Waals surface area contributed by atoms with Gasteiger partial charge in [-0.15, -0.1) is 0 Å². The van der Waals surface area contributed by atoms with E-state index in [1.807, 2.05) is 20.2 Å². The Kier molecular flexibility index (Phi) is 5.40. The van der Waals surface area contributed by atoms with Gasteiger partial charge in [-0.25, -0.2) is 0 Å². The third-order valence-electron chi connectivity index (χ3n) is 3.77. The minimum atomic E-state index is -0.00933. The molecule has 0 radical (unpaired) electrons. The van der Waals surface area contributed by atoms with E-state index in [2.05, 4.69) is 59.5 Å². The summed E-state index contributed by atoms with van der Waals surface area (Å²) in [7, 11) is 4.05. The number of rotatable bonds is 6. The fourth-order valence-electron chi connectivity index (χ4n) is 2.47. The van der Waals surface area contributed by atoms with E-state index in [4.69, 9.17) is 0 Å². The lowest BCUT2D eigenvalue weighted by atomic mass is 9.93. The number of anilines is 1. The molecule has 2 heteroatoms. The van der Waals surface area contributed by atoms with Gasteiger partial charge in [-0.3, -0.25) is 0 Å². The van der Waals surface area contributed by atoms with E-state index in [1.165, 1.54) is 11.3 Å². The molecule has 0 bridgehead atoms. The zero-order valence-corrected chi connectivity index (χ0v) is 12.8. The van der Waals surface area contributed by atoms with E-state index in [-0.39, 0.29) is 5.92 Å². The van der Waals surface area contributed by atoms with Crippen LogP contribution in [0.15, 0.2) is 54.6 Å². The first kappa shape index (κ1) is 15.1. The number of hydrogen-bond donors (Lipinski definition) is 0. The smallest absolute Gasteiger partial charge is 0.0712 e. The van der Waals surface area contributed by atoms with Crippen LogP contribution in [0.4, 0.5) is 5.69 Å². The lowest BCUT2D eigenvalue weighted by Crippen LogP contribution is -2.08. The van der Waals surface area contributed by atoms with Gasteiger partial charge >= 0.3 is 0 Å². The summed E-state index contributed by atoms with van der Waals surface area (Å²) in [4.78, 5) is 2.07. The highest BCUT2D eigenvalue weighted by atomic mass is 15.1. The molecule has 1 atom stereocenters. The van der Waals surface area contributed by atoms with E-state index in [0.717, 1.165) is 24.8 Å². The third-order valence-corrected chi connectivity index (χ3v) is 3.77. The molecule has 0 saturated heterocycles. The van der Waals surface area contributed by atoms with Gasteiger partial charge in [0.2, 0.25) is 0 Å². The minimum absolute atomic E-state index is 0.00933. The molecule has 0 aliphatic rings. The van der Waals surface area contributed by atoms with Crippen LogP contribution in [0.5, 0.6) is 0 Å². The summed E-state index contributed by atoms with van der Waals surface area (Å²) >= 11 is 0. The second-order valence-electron chi connectivity index (χ2n) is 5.55. The number of hydrogen-bond acceptors (Lipinski definition) is 2. The van der Waals surface area contributed by atoms with Crippen molar-refractivity contribution in [2.75, 3.05) is 19.0 Å². The summed E-state index contributed by atoms with van der Waals surface area (Å²) in [6.07, 6.45) is 2.99. The van der Waals surface area contributed by atoms with Crippen molar-refractivity contribution in [2.45, 2.75) is 25.2 Å². The number of nitrogens with zero attached hydrogens (tertiary/aromatic N) is 2. The molecule has 0 saturated carbocycles. The van der Waals surface area contributed by atoms with E-state index in [0.29, 0.717) is 0 Å². The quantitative estimate of drug-likeness (QED) is 0.784. The highest BCUT2D eigenvalue weighted by molar-refractivity contribution is 5.47. The van der Waals surface area contributed by atoms with Crippen LogP contribution in [-0.2, 0) is 6.42 Å². The fourth-order valence-corrected chi connectivity index (χ4v) is 2.47. The third kappa shape index (κ3) is 4.36. The second-order valence-corrected chi connectivity index (χ2v) is 5.55. The molecular weight excluding hydrogens is 256 g/mol. The van der Waals surface area contributed by atoms with Crippen LogP contribution < -0.4 is 4.90 Å². The van der Waals surface area contributed by atoms with Crippen molar-refractivity contribution < 1.29 is 0 Å². The Morgan fingerprint density at radius 1 is 1.00 bits per heavy atom. The van der Waals surface area contributed by atoms with Crippen molar-refractivity contribution in [1.82, 2.24) is 0 Å². The Bertz CT molecular complexity index is 579. The van der Waals surface area contributed by atoms with Gasteiger partial charge in [-0.1, -0.05) is 42.5 Å². The molecule has 2 nitrogen and oxygen atoms in total. The van der Waals surface area contributed by atoms with Crippen molar-refractivity contribution >= 4 is 5.69 Å². The summed E-state index contributed by atoms with van der Waals surface area (Å²) in [6, 6.07) is 21.2. The number of aryl methyl sites for hydroxylation is 1. The fraction of sp³-hybridized carbons (Fsp3) is 0.316. The van der Waals surface area contributed by atoms with Gasteiger partial charge in [0.1, 0.15) is 0 Å². The predicted molar refractivity (Wildman–Crippen MR) is 88.5 cm³/mol. The maximum atomic E-state index is 9.39. The summed E-state index contributed by atoms with van der Waals surface area (Å²) in [6.45, 7) is 0. The largest absolute Gasteiger partial charge is 0.378 e. The van der Waals surface area contributed by atoms with Crippen molar-refractivity contribution in [1.29, 1.82) is 5.26 Å². The number of benzene rings is 2. The molecule has 0 amide bonds. The van der Waals surface area contributed by atoms with E-state index in [9.17, 15) is 5.26 Å². The van der Waals surface area contributed by atoms with E-state index in [1.54, 1.807) is 0 Å². The summed E-state index contributed by atoms with van der Waals surface area (Å²) in [5, 5.41) is 9.39. The molecule has 0 aliphatic carbocycles. The molecule has 0 aromatic heterocycles. The molecule has 0 aliphatic heterocycles. The molecule has 108 valence electrons. The van der Waals surface area contributed by atoms with Crippen molar-refractivity contribution in [3.63, 3.8) is 0 Å². The van der Waals surface area contributed by atoms with Gasteiger partial charge in [0.25, 0.3) is 0 Å². The van der Waals surface area contributed by atoms with Gasteiger partial charge in [0, 0.05) is 19.8 Å². The average Bonchev–Trinajstić information content (AvgIpc) is 2.53. The van der Waals surface area contributed by atoms with Crippen LogP contribution in [0.3, 0.4) is 0 Å². The Balaban J connectivity index is 1.92.